The minimum Gasteiger partial charge on any atom is -0.507 e. The van der Waals surface area contributed by atoms with Crippen molar-refractivity contribution in [2.75, 3.05) is 18.7 Å². The van der Waals surface area contributed by atoms with Crippen molar-refractivity contribution < 1.29 is 24.3 Å². The summed E-state index contributed by atoms with van der Waals surface area (Å²) in [6, 6.07) is 10.0. The second kappa shape index (κ2) is 7.78. The lowest BCUT2D eigenvalue weighted by molar-refractivity contribution is -0.384. The quantitative estimate of drug-likeness (QED) is 0.482. The van der Waals surface area contributed by atoms with E-state index in [-0.39, 0.29) is 29.5 Å². The van der Waals surface area contributed by atoms with E-state index in [2.05, 4.69) is 5.10 Å². The van der Waals surface area contributed by atoms with E-state index in [1.54, 1.807) is 19.1 Å². The van der Waals surface area contributed by atoms with Crippen molar-refractivity contribution in [2.24, 2.45) is 5.10 Å². The average molecular weight is 383 g/mol. The van der Waals surface area contributed by atoms with Gasteiger partial charge in [-0.1, -0.05) is 0 Å². The molecule has 0 saturated carbocycles. The SMILES string of the molecule is CCOC1=NN(c2ccc([N+](=O)[O-])cc2)C(=O)C1=Cc1cc(OC)ccc1O. The lowest BCUT2D eigenvalue weighted by Crippen LogP contribution is -2.21. The number of carbonyl (C=O) groups is 1. The van der Waals surface area contributed by atoms with Gasteiger partial charge < -0.3 is 14.6 Å². The monoisotopic (exact) mass is 383 g/mol. The third-order valence-electron chi connectivity index (χ3n) is 3.96. The van der Waals surface area contributed by atoms with E-state index in [1.807, 2.05) is 0 Å². The molecular weight excluding hydrogens is 366 g/mol. The molecule has 9 heteroatoms. The molecular formula is C19H17N3O6. The molecule has 0 atom stereocenters. The Balaban J connectivity index is 2.00. The minimum atomic E-state index is -0.526. The van der Waals surface area contributed by atoms with Crippen LogP contribution in [0.1, 0.15) is 12.5 Å². The maximum absolute atomic E-state index is 12.9. The number of hydrazone groups is 1. The highest BCUT2D eigenvalue weighted by molar-refractivity contribution is 6.30. The normalized spacial score (nSPS) is 14.9. The molecule has 28 heavy (non-hydrogen) atoms. The van der Waals surface area contributed by atoms with Gasteiger partial charge in [-0.15, -0.1) is 5.10 Å². The predicted molar refractivity (Wildman–Crippen MR) is 102 cm³/mol. The average Bonchev–Trinajstić information content (AvgIpc) is 2.99. The molecule has 1 heterocycles. The second-order valence-corrected chi connectivity index (χ2v) is 5.71. The molecule has 1 aliphatic rings. The molecule has 0 bridgehead atoms. The molecule has 2 aromatic rings. The number of carbonyl (C=O) groups excluding carboxylic acids is 1. The zero-order valence-electron chi connectivity index (χ0n) is 15.2. The van der Waals surface area contributed by atoms with Crippen molar-refractivity contribution in [3.05, 3.63) is 63.7 Å². The molecule has 3 rings (SSSR count). The summed E-state index contributed by atoms with van der Waals surface area (Å²) in [5.41, 5.74) is 0.761. The first-order valence-electron chi connectivity index (χ1n) is 8.34. The highest BCUT2D eigenvalue weighted by Crippen LogP contribution is 2.30. The summed E-state index contributed by atoms with van der Waals surface area (Å²) in [6.45, 7) is 2.03. The first kappa shape index (κ1) is 18.9. The number of nitro benzene ring substituents is 1. The van der Waals surface area contributed by atoms with Crippen molar-refractivity contribution in [1.82, 2.24) is 0 Å². The maximum atomic E-state index is 12.9. The van der Waals surface area contributed by atoms with Crippen molar-refractivity contribution in [3.8, 4) is 11.5 Å². The topological polar surface area (TPSA) is 114 Å². The molecule has 0 unspecified atom stereocenters. The highest BCUT2D eigenvalue weighted by atomic mass is 16.6. The molecule has 0 fully saturated rings. The first-order valence-corrected chi connectivity index (χ1v) is 8.34. The number of aromatic hydroxyl groups is 1. The van der Waals surface area contributed by atoms with Crippen molar-refractivity contribution in [2.45, 2.75) is 6.92 Å². The summed E-state index contributed by atoms with van der Waals surface area (Å²) >= 11 is 0. The fraction of sp³-hybridized carbons (Fsp3) is 0.158. The van der Waals surface area contributed by atoms with E-state index >= 15 is 0 Å². The summed E-state index contributed by atoms with van der Waals surface area (Å²) in [5, 5.41) is 26.2. The number of benzene rings is 2. The molecule has 0 aromatic heterocycles. The van der Waals surface area contributed by atoms with Crippen LogP contribution >= 0.6 is 0 Å². The Kier molecular flexibility index (Phi) is 5.25. The Labute approximate surface area is 160 Å². The molecule has 0 spiro atoms. The lowest BCUT2D eigenvalue weighted by atomic mass is 10.1. The number of nitrogens with zero attached hydrogens (tertiary/aromatic N) is 3. The minimum absolute atomic E-state index is 0.0364. The number of ether oxygens (including phenoxy) is 2. The molecule has 1 N–H and O–H groups in total. The van der Waals surface area contributed by atoms with E-state index < -0.39 is 10.8 Å². The van der Waals surface area contributed by atoms with Crippen molar-refractivity contribution >= 4 is 29.3 Å². The summed E-state index contributed by atoms with van der Waals surface area (Å²) in [4.78, 5) is 23.2. The van der Waals surface area contributed by atoms with Crippen LogP contribution in [-0.2, 0) is 9.53 Å². The lowest BCUT2D eigenvalue weighted by Gasteiger charge is -2.10. The van der Waals surface area contributed by atoms with Gasteiger partial charge in [0.15, 0.2) is 0 Å². The number of phenols is 1. The molecule has 0 aliphatic carbocycles. The highest BCUT2D eigenvalue weighted by Gasteiger charge is 2.33. The Morgan fingerprint density at radius 1 is 1.25 bits per heavy atom. The fourth-order valence-corrected chi connectivity index (χ4v) is 2.58. The Bertz CT molecular complexity index is 982. The van der Waals surface area contributed by atoms with Crippen LogP contribution < -0.4 is 9.75 Å². The van der Waals surface area contributed by atoms with Crippen LogP contribution in [0.4, 0.5) is 11.4 Å². The van der Waals surface area contributed by atoms with Gasteiger partial charge in [0.1, 0.15) is 17.1 Å². The van der Waals surface area contributed by atoms with Gasteiger partial charge in [0.2, 0.25) is 5.90 Å². The summed E-state index contributed by atoms with van der Waals surface area (Å²) in [7, 11) is 1.49. The molecule has 9 nitrogen and oxygen atoms in total. The molecule has 1 amide bonds. The van der Waals surface area contributed by atoms with E-state index in [0.717, 1.165) is 5.01 Å². The third kappa shape index (κ3) is 3.63. The second-order valence-electron chi connectivity index (χ2n) is 5.71. The van der Waals surface area contributed by atoms with Crippen LogP contribution in [0.5, 0.6) is 11.5 Å². The van der Waals surface area contributed by atoms with Gasteiger partial charge in [0, 0.05) is 17.7 Å². The van der Waals surface area contributed by atoms with Crippen LogP contribution in [0, 0.1) is 10.1 Å². The summed E-state index contributed by atoms with van der Waals surface area (Å²) in [6.07, 6.45) is 1.46. The Morgan fingerprint density at radius 2 is 1.96 bits per heavy atom. The fourth-order valence-electron chi connectivity index (χ4n) is 2.58. The number of non-ortho nitro benzene ring substituents is 1. The molecule has 1 aliphatic heterocycles. The van der Waals surface area contributed by atoms with Crippen LogP contribution in [0.2, 0.25) is 0 Å². The van der Waals surface area contributed by atoms with E-state index in [0.29, 0.717) is 17.0 Å². The van der Waals surface area contributed by atoms with E-state index in [9.17, 15) is 20.0 Å². The largest absolute Gasteiger partial charge is 0.507 e. The number of phenolic OH excluding ortho intramolecular Hbond substituents is 1. The van der Waals surface area contributed by atoms with Gasteiger partial charge in [0.25, 0.3) is 11.6 Å². The summed E-state index contributed by atoms with van der Waals surface area (Å²) in [5.74, 6) is 0.0792. The zero-order chi connectivity index (χ0) is 20.3. The van der Waals surface area contributed by atoms with Gasteiger partial charge in [-0.25, -0.2) is 0 Å². The Hall–Kier alpha value is -3.88. The molecule has 144 valence electrons. The number of nitro groups is 1. The number of anilines is 1. The third-order valence-corrected chi connectivity index (χ3v) is 3.96. The smallest absolute Gasteiger partial charge is 0.284 e. The number of methoxy groups -OCH3 is 1. The standard InChI is InChI=1S/C19H17N3O6/c1-3-28-18-16(11-12-10-15(27-2)8-9-17(12)23)19(24)21(20-18)13-4-6-14(7-5-13)22(25)26/h4-11,23H,3H2,1-2H3. The number of hydrogen-bond acceptors (Lipinski definition) is 7. The number of amides is 1. The summed E-state index contributed by atoms with van der Waals surface area (Å²) < 4.78 is 10.6. The Morgan fingerprint density at radius 3 is 2.57 bits per heavy atom. The van der Waals surface area contributed by atoms with Gasteiger partial charge in [0.05, 0.1) is 24.3 Å². The van der Waals surface area contributed by atoms with Gasteiger partial charge >= 0.3 is 0 Å². The van der Waals surface area contributed by atoms with Gasteiger partial charge in [-0.2, -0.15) is 5.01 Å². The molecule has 0 radical (unpaired) electrons. The van der Waals surface area contributed by atoms with Gasteiger partial charge in [-0.05, 0) is 43.3 Å². The van der Waals surface area contributed by atoms with Crippen molar-refractivity contribution in [1.29, 1.82) is 0 Å². The molecule has 0 saturated heterocycles. The van der Waals surface area contributed by atoms with Crippen LogP contribution in [0.25, 0.3) is 6.08 Å². The zero-order valence-corrected chi connectivity index (χ0v) is 15.2. The number of hydrogen-bond donors (Lipinski definition) is 1. The van der Waals surface area contributed by atoms with Crippen LogP contribution in [0.15, 0.2) is 53.1 Å². The van der Waals surface area contributed by atoms with E-state index in [4.69, 9.17) is 9.47 Å². The first-order chi connectivity index (χ1) is 13.4. The van der Waals surface area contributed by atoms with Crippen LogP contribution in [0.3, 0.4) is 0 Å². The van der Waals surface area contributed by atoms with Gasteiger partial charge in [-0.3, -0.25) is 14.9 Å². The maximum Gasteiger partial charge on any atom is 0.284 e. The molecule has 2 aromatic carbocycles. The number of rotatable bonds is 5. The van der Waals surface area contributed by atoms with Crippen molar-refractivity contribution in [3.63, 3.8) is 0 Å². The van der Waals surface area contributed by atoms with Crippen LogP contribution in [-0.4, -0.2) is 35.6 Å². The van der Waals surface area contributed by atoms with E-state index in [1.165, 1.54) is 43.5 Å². The predicted octanol–water partition coefficient (Wildman–Crippen LogP) is 3.09.